The van der Waals surface area contributed by atoms with Crippen LogP contribution in [0.1, 0.15) is 57.8 Å². The number of anilines is 1. The predicted octanol–water partition coefficient (Wildman–Crippen LogP) is 4.14. The Labute approximate surface area is 289 Å². The van der Waals surface area contributed by atoms with Crippen LogP contribution in [0.4, 0.5) is 5.69 Å². The monoisotopic (exact) mass is 707 g/mol. The zero-order valence-corrected chi connectivity index (χ0v) is 28.9. The molecule has 49 heavy (non-hydrogen) atoms. The van der Waals surface area contributed by atoms with E-state index in [0.29, 0.717) is 30.2 Å². The summed E-state index contributed by atoms with van der Waals surface area (Å²) in [5.74, 6) is -1.15. The molecule has 0 radical (unpaired) electrons. The van der Waals surface area contributed by atoms with Crippen molar-refractivity contribution in [3.63, 3.8) is 0 Å². The third-order valence-electron chi connectivity index (χ3n) is 9.80. The maximum atomic E-state index is 14.4. The minimum atomic E-state index is -3.83. The van der Waals surface area contributed by atoms with Crippen molar-refractivity contribution in [2.75, 3.05) is 19.0 Å². The number of hydrogen-bond acceptors (Lipinski definition) is 10. The van der Waals surface area contributed by atoms with E-state index in [9.17, 15) is 22.8 Å². The van der Waals surface area contributed by atoms with Gasteiger partial charge in [-0.2, -0.15) is 0 Å². The molecule has 2 aromatic carbocycles. The first-order valence-corrected chi connectivity index (χ1v) is 19.3. The number of fused-ring (bicyclic) bond motifs is 3. The number of hydrogen-bond donors (Lipinski definition) is 3. The van der Waals surface area contributed by atoms with E-state index in [1.54, 1.807) is 12.0 Å². The van der Waals surface area contributed by atoms with E-state index in [2.05, 4.69) is 20.3 Å². The summed E-state index contributed by atoms with van der Waals surface area (Å²) in [5, 5.41) is 6.16. The Hall–Kier alpha value is -4.17. The van der Waals surface area contributed by atoms with Gasteiger partial charge in [0.2, 0.25) is 21.8 Å². The van der Waals surface area contributed by atoms with E-state index < -0.39 is 50.8 Å². The number of carbonyl (C=O) groups is 3. The summed E-state index contributed by atoms with van der Waals surface area (Å²) in [6, 6.07) is 13.5. The van der Waals surface area contributed by atoms with E-state index in [0.717, 1.165) is 41.6 Å². The molecule has 0 bridgehead atoms. The summed E-state index contributed by atoms with van der Waals surface area (Å²) in [5.41, 5.74) is 0.126. The van der Waals surface area contributed by atoms with Gasteiger partial charge >= 0.3 is 0 Å². The van der Waals surface area contributed by atoms with Crippen LogP contribution in [0.25, 0.3) is 10.2 Å². The zero-order valence-electron chi connectivity index (χ0n) is 27.3. The van der Waals surface area contributed by atoms with Crippen molar-refractivity contribution in [1.29, 1.82) is 0 Å². The van der Waals surface area contributed by atoms with Crippen LogP contribution in [-0.2, 0) is 24.4 Å². The summed E-state index contributed by atoms with van der Waals surface area (Å²) in [4.78, 5) is 48.5. The van der Waals surface area contributed by atoms with Crippen molar-refractivity contribution in [3.8, 4) is 10.9 Å². The van der Waals surface area contributed by atoms with Gasteiger partial charge in [0.25, 0.3) is 11.1 Å². The van der Waals surface area contributed by atoms with E-state index in [1.807, 2.05) is 60.7 Å². The molecule has 2 aliphatic carbocycles. The number of carbonyl (C=O) groups excluding carboxylic acids is 3. The zero-order chi connectivity index (χ0) is 34.2. The van der Waals surface area contributed by atoms with Crippen molar-refractivity contribution in [2.24, 2.45) is 5.92 Å². The minimum Gasteiger partial charge on any atom is -0.497 e. The van der Waals surface area contributed by atoms with Crippen LogP contribution in [0.15, 0.2) is 60.7 Å². The van der Waals surface area contributed by atoms with Crippen LogP contribution in [0.5, 0.6) is 10.9 Å². The normalized spacial score (nSPS) is 28.3. The average molecular weight is 708 g/mol. The second-order valence-electron chi connectivity index (χ2n) is 13.4. The Bertz CT molecular complexity index is 1860. The van der Waals surface area contributed by atoms with Gasteiger partial charge in [-0.1, -0.05) is 54.5 Å². The maximum Gasteiger partial charge on any atom is 0.274 e. The Balaban J connectivity index is 1.18. The van der Waals surface area contributed by atoms with E-state index in [1.165, 1.54) is 11.3 Å². The van der Waals surface area contributed by atoms with Crippen LogP contribution in [0.2, 0.25) is 0 Å². The topological polar surface area (TPSA) is 156 Å². The number of methoxy groups -OCH3 is 1. The third kappa shape index (κ3) is 7.25. The van der Waals surface area contributed by atoms with E-state index in [4.69, 9.17) is 9.47 Å². The van der Waals surface area contributed by atoms with Crippen molar-refractivity contribution in [2.45, 2.75) is 86.8 Å². The highest BCUT2D eigenvalue weighted by molar-refractivity contribution is 7.91. The molecular weight excluding hydrogens is 667 g/mol. The highest BCUT2D eigenvalue weighted by Gasteiger charge is 2.62. The molecule has 260 valence electrons. The fraction of sp³-hybridized carbons (Fsp3) is 0.486. The van der Waals surface area contributed by atoms with Gasteiger partial charge in [-0.3, -0.25) is 19.1 Å². The number of nitrogens with zero attached hydrogens (tertiary/aromatic N) is 2. The summed E-state index contributed by atoms with van der Waals surface area (Å²) in [6.45, 7) is 0.141. The highest BCUT2D eigenvalue weighted by atomic mass is 32.2. The number of allylic oxidation sites excluding steroid dienone is 1. The molecule has 3 aromatic rings. The van der Waals surface area contributed by atoms with Crippen molar-refractivity contribution >= 4 is 55.0 Å². The molecule has 3 N–H and O–H groups in total. The number of nitrogens with one attached hydrogen (secondary N) is 3. The van der Waals surface area contributed by atoms with Crippen LogP contribution in [0, 0.1) is 5.92 Å². The smallest absolute Gasteiger partial charge is 0.274 e. The van der Waals surface area contributed by atoms with Gasteiger partial charge in [0.1, 0.15) is 29.5 Å². The van der Waals surface area contributed by atoms with Crippen molar-refractivity contribution in [1.82, 2.24) is 19.9 Å². The summed E-state index contributed by atoms with van der Waals surface area (Å²) in [6.07, 6.45) is 8.77. The van der Waals surface area contributed by atoms with Gasteiger partial charge in [-0.05, 0) is 68.9 Å². The molecule has 3 fully saturated rings. The number of sulfonamides is 1. The van der Waals surface area contributed by atoms with Crippen LogP contribution >= 0.6 is 11.3 Å². The quantitative estimate of drug-likeness (QED) is 0.293. The predicted molar refractivity (Wildman–Crippen MR) is 186 cm³/mol. The Kier molecular flexibility index (Phi) is 9.27. The number of aromatic nitrogens is 1. The molecule has 14 heteroatoms. The first-order valence-electron chi connectivity index (χ1n) is 16.9. The Morgan fingerprint density at radius 2 is 1.90 bits per heavy atom. The lowest BCUT2D eigenvalue weighted by Gasteiger charge is -2.30. The molecule has 3 heterocycles. The second kappa shape index (κ2) is 13.6. The molecule has 1 aromatic heterocycles. The summed E-state index contributed by atoms with van der Waals surface area (Å²) < 4.78 is 40.3. The van der Waals surface area contributed by atoms with Crippen LogP contribution in [-0.4, -0.2) is 78.7 Å². The summed E-state index contributed by atoms with van der Waals surface area (Å²) >= 11 is 1.35. The molecule has 5 atom stereocenters. The molecule has 4 aliphatic rings. The first-order chi connectivity index (χ1) is 23.6. The van der Waals surface area contributed by atoms with Gasteiger partial charge in [0.15, 0.2) is 0 Å². The van der Waals surface area contributed by atoms with Gasteiger partial charge in [-0.25, -0.2) is 13.4 Å². The van der Waals surface area contributed by atoms with Crippen molar-refractivity contribution in [3.05, 3.63) is 60.7 Å². The fourth-order valence-electron chi connectivity index (χ4n) is 6.79. The lowest BCUT2D eigenvalue weighted by atomic mass is 10.0. The van der Waals surface area contributed by atoms with Crippen LogP contribution < -0.4 is 24.8 Å². The van der Waals surface area contributed by atoms with Crippen LogP contribution in [0.3, 0.4) is 0 Å². The number of para-hydroxylation sites is 1. The third-order valence-corrected chi connectivity index (χ3v) is 12.5. The lowest BCUT2D eigenvalue weighted by molar-refractivity contribution is -0.140. The molecule has 0 unspecified atom stereocenters. The molecule has 1 saturated heterocycles. The largest absolute Gasteiger partial charge is 0.497 e. The minimum absolute atomic E-state index is 0.141. The number of rotatable bonds is 8. The maximum absolute atomic E-state index is 14.4. The number of thiazole rings is 1. The van der Waals surface area contributed by atoms with Gasteiger partial charge in [0, 0.05) is 18.0 Å². The summed E-state index contributed by atoms with van der Waals surface area (Å²) in [7, 11) is -2.24. The van der Waals surface area contributed by atoms with E-state index >= 15 is 0 Å². The second-order valence-corrected chi connectivity index (χ2v) is 16.3. The molecule has 2 saturated carbocycles. The average Bonchev–Trinajstić information content (AvgIpc) is 3.98. The molecular formula is C35H41N5O7S2. The van der Waals surface area contributed by atoms with E-state index in [-0.39, 0.29) is 31.2 Å². The molecule has 0 spiro atoms. The van der Waals surface area contributed by atoms with Gasteiger partial charge in [0.05, 0.1) is 29.1 Å². The SMILES string of the molecule is COc1ccc2nc(O[C@@H]3C[C@H]4C(=O)N[C@]5(C(=O)NS(=O)(=O)C6CC6)C[C@H]5/C=C\CCCCC[C@H](Nc5ccccc5)C(=O)N4C3)sc2c1. The molecule has 3 amide bonds. The first kappa shape index (κ1) is 33.3. The Morgan fingerprint density at radius 3 is 2.67 bits per heavy atom. The highest BCUT2D eigenvalue weighted by Crippen LogP contribution is 2.46. The number of ether oxygens (including phenoxy) is 2. The fourth-order valence-corrected chi connectivity index (χ4v) is 9.06. The van der Waals surface area contributed by atoms with Crippen molar-refractivity contribution < 1.29 is 32.3 Å². The standard InChI is InChI=1S/C35H41N5O7S2/c1-46-24-14-17-27-30(19-24)48-34(37-27)47-25-18-29-31(41)38-35(33(43)39-49(44,45)26-15-16-26)20-22(35)10-6-3-2-4-9-13-28(32(42)40(29)21-25)36-23-11-7-5-8-12-23/h5-8,10-12,14,17,19,22,25-26,28-29,36H,2-4,9,13,15-16,18,20-21H2,1H3,(H,38,41)(H,39,43)/b10-6-/t22-,25-,28+,29+,35-/m1/s1. The Morgan fingerprint density at radius 1 is 1.08 bits per heavy atom. The van der Waals surface area contributed by atoms with Gasteiger partial charge in [-0.15, -0.1) is 0 Å². The number of benzene rings is 2. The molecule has 7 rings (SSSR count). The molecule has 2 aliphatic heterocycles. The van der Waals surface area contributed by atoms with Gasteiger partial charge < -0.3 is 25.0 Å². The lowest BCUT2D eigenvalue weighted by Crippen LogP contribution is -2.57. The number of amides is 3. The molecule has 12 nitrogen and oxygen atoms in total.